The molecule has 2 aliphatic heterocycles. The van der Waals surface area contributed by atoms with E-state index in [-0.39, 0.29) is 29.6 Å². The molecule has 0 radical (unpaired) electrons. The van der Waals surface area contributed by atoms with Crippen molar-refractivity contribution in [2.45, 2.75) is 50.3 Å². The van der Waals surface area contributed by atoms with Crippen molar-refractivity contribution in [2.24, 2.45) is 5.41 Å². The largest absolute Gasteiger partial charge is 0.387 e. The second kappa shape index (κ2) is 9.78. The Kier molecular flexibility index (Phi) is 6.44. The van der Waals surface area contributed by atoms with Crippen LogP contribution >= 0.6 is 0 Å². The van der Waals surface area contributed by atoms with Crippen LogP contribution in [0.3, 0.4) is 0 Å². The summed E-state index contributed by atoms with van der Waals surface area (Å²) in [7, 11) is 0. The first-order valence-corrected chi connectivity index (χ1v) is 13.4. The molecular weight excluding hydrogens is 487 g/mol. The molecule has 2 atom stereocenters. The SMILES string of the molecule is O=C(N1CCC(O)(Cn2cnc3ccc(F)cc3c2=O)C2(CCCC2)C1)N1CCOCC1c1ccccc1. The van der Waals surface area contributed by atoms with E-state index in [4.69, 9.17) is 4.74 Å². The van der Waals surface area contributed by atoms with E-state index in [1.165, 1.54) is 29.1 Å². The third-order valence-corrected chi connectivity index (χ3v) is 8.88. The van der Waals surface area contributed by atoms with Gasteiger partial charge in [0.25, 0.3) is 5.56 Å². The van der Waals surface area contributed by atoms with Crippen molar-refractivity contribution in [1.29, 1.82) is 0 Å². The third-order valence-electron chi connectivity index (χ3n) is 8.88. The van der Waals surface area contributed by atoms with Crippen LogP contribution in [0, 0.1) is 11.2 Å². The van der Waals surface area contributed by atoms with Crippen LogP contribution in [-0.4, -0.2) is 68.9 Å². The normalized spacial score (nSPS) is 25.3. The molecule has 3 heterocycles. The number of carbonyl (C=O) groups is 1. The van der Waals surface area contributed by atoms with Gasteiger partial charge in [0.05, 0.1) is 48.6 Å². The minimum Gasteiger partial charge on any atom is -0.387 e. The summed E-state index contributed by atoms with van der Waals surface area (Å²) >= 11 is 0. The maximum atomic E-state index is 13.9. The Morgan fingerprint density at radius 3 is 2.68 bits per heavy atom. The van der Waals surface area contributed by atoms with E-state index in [2.05, 4.69) is 4.98 Å². The van der Waals surface area contributed by atoms with E-state index in [1.807, 2.05) is 40.1 Å². The first-order valence-electron chi connectivity index (χ1n) is 13.4. The van der Waals surface area contributed by atoms with Gasteiger partial charge in [-0.25, -0.2) is 14.2 Å². The van der Waals surface area contributed by atoms with Gasteiger partial charge < -0.3 is 19.6 Å². The number of hydrogen-bond acceptors (Lipinski definition) is 5. The Balaban J connectivity index is 1.27. The minimum absolute atomic E-state index is 0.0320. The maximum Gasteiger partial charge on any atom is 0.320 e. The second-order valence-electron chi connectivity index (χ2n) is 11.0. The van der Waals surface area contributed by atoms with Gasteiger partial charge in [0, 0.05) is 25.0 Å². The molecular formula is C29H33FN4O4. The molecule has 200 valence electrons. The first kappa shape index (κ1) is 25.0. The summed E-state index contributed by atoms with van der Waals surface area (Å²) in [5, 5.41) is 12.3. The molecule has 1 spiro atoms. The zero-order chi connectivity index (χ0) is 26.3. The standard InChI is InChI=1S/C29H33FN4O4/c30-22-8-9-24-23(16-22)26(35)33(20-31-24)19-29(37)12-13-32(18-28(29)10-4-5-11-28)27(36)34-14-15-38-17-25(34)21-6-2-1-3-7-21/h1-3,6-9,16,20,25,37H,4-5,10-15,17-19H2. The number of carbonyl (C=O) groups excluding carboxylic acids is 1. The van der Waals surface area contributed by atoms with E-state index in [9.17, 15) is 19.1 Å². The summed E-state index contributed by atoms with van der Waals surface area (Å²) in [4.78, 5) is 35.2. The van der Waals surface area contributed by atoms with E-state index in [1.54, 1.807) is 0 Å². The number of nitrogens with zero attached hydrogens (tertiary/aromatic N) is 4. The van der Waals surface area contributed by atoms with E-state index >= 15 is 0 Å². The summed E-state index contributed by atoms with van der Waals surface area (Å²) in [6.45, 7) is 2.36. The number of amides is 2. The van der Waals surface area contributed by atoms with Crippen molar-refractivity contribution in [1.82, 2.24) is 19.4 Å². The number of rotatable bonds is 3. The lowest BCUT2D eigenvalue weighted by molar-refractivity contribution is -0.137. The van der Waals surface area contributed by atoms with Crippen LogP contribution < -0.4 is 5.56 Å². The van der Waals surface area contributed by atoms with Crippen LogP contribution in [0.1, 0.15) is 43.7 Å². The monoisotopic (exact) mass is 520 g/mol. The van der Waals surface area contributed by atoms with E-state index in [0.717, 1.165) is 31.2 Å². The highest BCUT2D eigenvalue weighted by molar-refractivity contribution is 5.77. The average molecular weight is 521 g/mol. The molecule has 3 fully saturated rings. The summed E-state index contributed by atoms with van der Waals surface area (Å²) < 4.78 is 21.0. The third kappa shape index (κ3) is 4.27. The molecule has 0 bridgehead atoms. The van der Waals surface area contributed by atoms with Gasteiger partial charge in [0.15, 0.2) is 0 Å². The van der Waals surface area contributed by atoms with E-state index < -0.39 is 16.8 Å². The Bertz CT molecular complexity index is 1390. The molecule has 1 N–H and O–H groups in total. The fourth-order valence-corrected chi connectivity index (χ4v) is 6.75. The number of piperidine rings is 1. The number of aliphatic hydroxyl groups is 1. The van der Waals surface area contributed by atoms with E-state index in [0.29, 0.717) is 44.8 Å². The van der Waals surface area contributed by atoms with Crippen molar-refractivity contribution in [3.05, 3.63) is 76.6 Å². The topological polar surface area (TPSA) is 87.9 Å². The van der Waals surface area contributed by atoms with Crippen LogP contribution in [0.15, 0.2) is 59.7 Å². The number of likely N-dealkylation sites (tertiary alicyclic amines) is 1. The molecule has 1 aliphatic carbocycles. The van der Waals surface area contributed by atoms with Crippen molar-refractivity contribution in [3.63, 3.8) is 0 Å². The zero-order valence-corrected chi connectivity index (χ0v) is 21.4. The van der Waals surface area contributed by atoms with Gasteiger partial charge in [-0.1, -0.05) is 43.2 Å². The predicted octanol–water partition coefficient (Wildman–Crippen LogP) is 3.73. The summed E-state index contributed by atoms with van der Waals surface area (Å²) in [6.07, 6.45) is 5.28. The van der Waals surface area contributed by atoms with Crippen molar-refractivity contribution in [2.75, 3.05) is 32.8 Å². The van der Waals surface area contributed by atoms with Crippen LogP contribution in [-0.2, 0) is 11.3 Å². The lowest BCUT2D eigenvalue weighted by Crippen LogP contribution is -2.64. The molecule has 1 aromatic heterocycles. The number of benzene rings is 2. The summed E-state index contributed by atoms with van der Waals surface area (Å²) in [5.41, 5.74) is -0.602. The number of ether oxygens (including phenoxy) is 1. The predicted molar refractivity (Wildman–Crippen MR) is 140 cm³/mol. The molecule has 8 nitrogen and oxygen atoms in total. The average Bonchev–Trinajstić information content (AvgIpc) is 3.42. The van der Waals surface area contributed by atoms with Crippen LogP contribution in [0.25, 0.3) is 10.9 Å². The number of hydrogen-bond donors (Lipinski definition) is 1. The highest BCUT2D eigenvalue weighted by Crippen LogP contribution is 2.51. The minimum atomic E-state index is -1.18. The van der Waals surface area contributed by atoms with Gasteiger partial charge in [-0.3, -0.25) is 9.36 Å². The highest BCUT2D eigenvalue weighted by atomic mass is 19.1. The molecule has 3 aromatic rings. The Morgan fingerprint density at radius 1 is 1.11 bits per heavy atom. The summed E-state index contributed by atoms with van der Waals surface area (Å²) in [6, 6.07) is 13.7. The Morgan fingerprint density at radius 2 is 1.89 bits per heavy atom. The molecule has 6 rings (SSSR count). The number of morpholine rings is 1. The highest BCUT2D eigenvalue weighted by Gasteiger charge is 2.56. The lowest BCUT2D eigenvalue weighted by Gasteiger charge is -2.53. The molecule has 2 saturated heterocycles. The maximum absolute atomic E-state index is 13.9. The van der Waals surface area contributed by atoms with Gasteiger partial charge >= 0.3 is 6.03 Å². The van der Waals surface area contributed by atoms with Crippen LogP contribution in [0.5, 0.6) is 0 Å². The number of urea groups is 1. The second-order valence-corrected chi connectivity index (χ2v) is 11.0. The molecule has 38 heavy (non-hydrogen) atoms. The quantitative estimate of drug-likeness (QED) is 0.569. The molecule has 9 heteroatoms. The van der Waals surface area contributed by atoms with Gasteiger partial charge in [-0.15, -0.1) is 0 Å². The van der Waals surface area contributed by atoms with Gasteiger partial charge in [0.1, 0.15) is 5.82 Å². The van der Waals surface area contributed by atoms with Crippen molar-refractivity contribution >= 4 is 16.9 Å². The molecule has 2 amide bonds. The number of fused-ring (bicyclic) bond motifs is 1. The summed E-state index contributed by atoms with van der Waals surface area (Å²) in [5.74, 6) is -0.496. The Hall–Kier alpha value is -3.30. The fraction of sp³-hybridized carbons (Fsp3) is 0.483. The molecule has 2 aromatic carbocycles. The van der Waals surface area contributed by atoms with Crippen LogP contribution in [0.4, 0.5) is 9.18 Å². The van der Waals surface area contributed by atoms with Crippen LogP contribution in [0.2, 0.25) is 0 Å². The Labute approximate surface area is 220 Å². The number of halogens is 1. The fourth-order valence-electron chi connectivity index (χ4n) is 6.75. The number of aromatic nitrogens is 2. The molecule has 1 saturated carbocycles. The van der Waals surface area contributed by atoms with Gasteiger partial charge in [-0.05, 0) is 43.0 Å². The van der Waals surface area contributed by atoms with Crippen molar-refractivity contribution in [3.8, 4) is 0 Å². The van der Waals surface area contributed by atoms with Crippen molar-refractivity contribution < 1.29 is 19.0 Å². The molecule has 3 aliphatic rings. The smallest absolute Gasteiger partial charge is 0.320 e. The van der Waals surface area contributed by atoms with Gasteiger partial charge in [-0.2, -0.15) is 0 Å². The lowest BCUT2D eigenvalue weighted by atomic mass is 9.66. The van der Waals surface area contributed by atoms with Gasteiger partial charge in [0.2, 0.25) is 0 Å². The zero-order valence-electron chi connectivity index (χ0n) is 21.4. The molecule has 2 unspecified atom stereocenters. The first-order chi connectivity index (χ1) is 18.4.